The van der Waals surface area contributed by atoms with Crippen LogP contribution in [0.2, 0.25) is 0 Å². The average Bonchev–Trinajstić information content (AvgIpc) is 2.06. The molecule has 0 aliphatic heterocycles. The first-order valence-electron chi connectivity index (χ1n) is 4.68. The highest BCUT2D eigenvalue weighted by Crippen LogP contribution is 2.17. The van der Waals surface area contributed by atoms with Crippen molar-refractivity contribution in [3.8, 4) is 0 Å². The van der Waals surface area contributed by atoms with Crippen molar-refractivity contribution in [2.24, 2.45) is 0 Å². The van der Waals surface area contributed by atoms with Gasteiger partial charge in [0.1, 0.15) is 0 Å². The van der Waals surface area contributed by atoms with Crippen LogP contribution >= 0.6 is 0 Å². The summed E-state index contributed by atoms with van der Waals surface area (Å²) in [6.07, 6.45) is 6.16. The Kier molecular flexibility index (Phi) is 3.38. The highest BCUT2D eigenvalue weighted by atomic mass is 16.2. The summed E-state index contributed by atoms with van der Waals surface area (Å²) in [5, 5.41) is 3.01. The molecule has 0 spiro atoms. The van der Waals surface area contributed by atoms with E-state index in [1.54, 1.807) is 19.0 Å². The number of hydrogen-bond acceptors (Lipinski definition) is 1. The summed E-state index contributed by atoms with van der Waals surface area (Å²) in [6.45, 7) is 0. The van der Waals surface area contributed by atoms with Gasteiger partial charge in [-0.25, -0.2) is 4.79 Å². The molecule has 0 aromatic carbocycles. The van der Waals surface area contributed by atoms with Gasteiger partial charge in [0.05, 0.1) is 0 Å². The van der Waals surface area contributed by atoms with Gasteiger partial charge in [-0.15, -0.1) is 0 Å². The van der Waals surface area contributed by atoms with E-state index in [0.717, 1.165) is 12.8 Å². The van der Waals surface area contributed by atoms with Crippen molar-refractivity contribution in [2.75, 3.05) is 14.1 Å². The van der Waals surface area contributed by atoms with Crippen LogP contribution in [0.5, 0.6) is 0 Å². The number of carbonyl (C=O) groups excluding carboxylic acids is 1. The largest absolute Gasteiger partial charge is 0.335 e. The first-order chi connectivity index (χ1) is 5.70. The van der Waals surface area contributed by atoms with Crippen LogP contribution in [0.25, 0.3) is 0 Å². The summed E-state index contributed by atoms with van der Waals surface area (Å²) >= 11 is 0. The maximum atomic E-state index is 11.2. The molecule has 12 heavy (non-hydrogen) atoms. The van der Waals surface area contributed by atoms with E-state index >= 15 is 0 Å². The normalized spacial score (nSPS) is 18.8. The third kappa shape index (κ3) is 2.72. The van der Waals surface area contributed by atoms with Gasteiger partial charge in [0.2, 0.25) is 0 Å². The van der Waals surface area contributed by atoms with E-state index in [1.165, 1.54) is 19.3 Å². The second-order valence-corrected chi connectivity index (χ2v) is 3.68. The summed E-state index contributed by atoms with van der Waals surface area (Å²) in [6, 6.07) is 0.468. The van der Waals surface area contributed by atoms with Crippen LogP contribution in [0, 0.1) is 0 Å². The monoisotopic (exact) mass is 170 g/mol. The molecule has 0 aromatic heterocycles. The van der Waals surface area contributed by atoms with Gasteiger partial charge in [0, 0.05) is 20.1 Å². The van der Waals surface area contributed by atoms with Gasteiger partial charge in [-0.1, -0.05) is 19.3 Å². The fraction of sp³-hybridized carbons (Fsp3) is 0.889. The third-order valence-corrected chi connectivity index (χ3v) is 2.34. The Morgan fingerprint density at radius 1 is 1.25 bits per heavy atom. The molecule has 0 bridgehead atoms. The zero-order valence-electron chi connectivity index (χ0n) is 7.97. The lowest BCUT2D eigenvalue weighted by Crippen LogP contribution is -2.42. The van der Waals surface area contributed by atoms with Gasteiger partial charge in [0.15, 0.2) is 0 Å². The van der Waals surface area contributed by atoms with Crippen LogP contribution in [-0.2, 0) is 0 Å². The molecule has 3 nitrogen and oxygen atoms in total. The number of carbonyl (C=O) groups is 1. The SMILES string of the molecule is CN(C)C(=O)NC1CCCCC1. The molecule has 0 heterocycles. The van der Waals surface area contributed by atoms with E-state index in [9.17, 15) is 4.79 Å². The summed E-state index contributed by atoms with van der Waals surface area (Å²) < 4.78 is 0. The predicted octanol–water partition coefficient (Wildman–Crippen LogP) is 1.59. The highest BCUT2D eigenvalue weighted by molar-refractivity contribution is 5.73. The molecular formula is C9H18N2O. The van der Waals surface area contributed by atoms with Crippen molar-refractivity contribution >= 4 is 6.03 Å². The molecule has 0 unspecified atom stereocenters. The fourth-order valence-corrected chi connectivity index (χ4v) is 1.55. The van der Waals surface area contributed by atoms with Crippen LogP contribution in [0.1, 0.15) is 32.1 Å². The number of rotatable bonds is 1. The Labute approximate surface area is 74.1 Å². The lowest BCUT2D eigenvalue weighted by atomic mass is 9.96. The van der Waals surface area contributed by atoms with Gasteiger partial charge in [0.25, 0.3) is 0 Å². The minimum atomic E-state index is 0.0434. The molecule has 0 radical (unpaired) electrons. The van der Waals surface area contributed by atoms with Crippen LogP contribution in [0.3, 0.4) is 0 Å². The second kappa shape index (κ2) is 4.33. The van der Waals surface area contributed by atoms with Gasteiger partial charge < -0.3 is 10.2 Å². The highest BCUT2D eigenvalue weighted by Gasteiger charge is 2.15. The molecular weight excluding hydrogens is 152 g/mol. The van der Waals surface area contributed by atoms with Crippen molar-refractivity contribution in [3.63, 3.8) is 0 Å². The molecule has 1 N–H and O–H groups in total. The fourth-order valence-electron chi connectivity index (χ4n) is 1.55. The molecule has 1 fully saturated rings. The lowest BCUT2D eigenvalue weighted by Gasteiger charge is -2.24. The third-order valence-electron chi connectivity index (χ3n) is 2.34. The minimum absolute atomic E-state index is 0.0434. The van der Waals surface area contributed by atoms with Gasteiger partial charge in [-0.3, -0.25) is 0 Å². The summed E-state index contributed by atoms with van der Waals surface area (Å²) in [4.78, 5) is 12.8. The molecule has 1 rings (SSSR count). The first kappa shape index (κ1) is 9.36. The maximum absolute atomic E-state index is 11.2. The smallest absolute Gasteiger partial charge is 0.317 e. The summed E-state index contributed by atoms with van der Waals surface area (Å²) in [5.74, 6) is 0. The maximum Gasteiger partial charge on any atom is 0.317 e. The Morgan fingerprint density at radius 3 is 2.33 bits per heavy atom. The molecule has 1 saturated carbocycles. The second-order valence-electron chi connectivity index (χ2n) is 3.68. The minimum Gasteiger partial charge on any atom is -0.335 e. The van der Waals surface area contributed by atoms with E-state index in [1.807, 2.05) is 0 Å². The van der Waals surface area contributed by atoms with Crippen LogP contribution < -0.4 is 5.32 Å². The van der Waals surface area contributed by atoms with Crippen LogP contribution in [0.4, 0.5) is 4.79 Å². The van der Waals surface area contributed by atoms with Crippen molar-refractivity contribution in [2.45, 2.75) is 38.1 Å². The standard InChI is InChI=1S/C9H18N2O/c1-11(2)9(12)10-8-6-4-3-5-7-8/h8H,3-7H2,1-2H3,(H,10,12). The van der Waals surface area contributed by atoms with Crippen LogP contribution in [0.15, 0.2) is 0 Å². The molecule has 2 amide bonds. The average molecular weight is 170 g/mol. The number of urea groups is 1. The Hall–Kier alpha value is -0.730. The van der Waals surface area contributed by atoms with Crippen molar-refractivity contribution in [1.29, 1.82) is 0 Å². The van der Waals surface area contributed by atoms with Crippen molar-refractivity contribution < 1.29 is 4.79 Å². The zero-order valence-corrected chi connectivity index (χ0v) is 7.97. The Morgan fingerprint density at radius 2 is 1.83 bits per heavy atom. The van der Waals surface area contributed by atoms with Crippen LogP contribution in [-0.4, -0.2) is 31.1 Å². The topological polar surface area (TPSA) is 32.3 Å². The first-order valence-corrected chi connectivity index (χ1v) is 4.68. The summed E-state index contributed by atoms with van der Waals surface area (Å²) in [7, 11) is 3.55. The molecule has 1 aliphatic carbocycles. The number of nitrogens with one attached hydrogen (secondary N) is 1. The van der Waals surface area contributed by atoms with E-state index in [4.69, 9.17) is 0 Å². The van der Waals surface area contributed by atoms with Crippen molar-refractivity contribution in [3.05, 3.63) is 0 Å². The Bertz CT molecular complexity index is 151. The molecule has 0 saturated heterocycles. The molecule has 1 aliphatic rings. The number of amides is 2. The van der Waals surface area contributed by atoms with Crippen molar-refractivity contribution in [1.82, 2.24) is 10.2 Å². The van der Waals surface area contributed by atoms with Gasteiger partial charge >= 0.3 is 6.03 Å². The van der Waals surface area contributed by atoms with E-state index in [-0.39, 0.29) is 6.03 Å². The number of hydrogen-bond donors (Lipinski definition) is 1. The molecule has 0 atom stereocenters. The molecule has 0 aromatic rings. The summed E-state index contributed by atoms with van der Waals surface area (Å²) in [5.41, 5.74) is 0. The predicted molar refractivity (Wildman–Crippen MR) is 49.1 cm³/mol. The lowest BCUT2D eigenvalue weighted by molar-refractivity contribution is 0.209. The van der Waals surface area contributed by atoms with E-state index in [2.05, 4.69) is 5.32 Å². The van der Waals surface area contributed by atoms with Gasteiger partial charge in [-0.2, -0.15) is 0 Å². The quantitative estimate of drug-likeness (QED) is 0.637. The molecule has 70 valence electrons. The zero-order chi connectivity index (χ0) is 8.97. The van der Waals surface area contributed by atoms with E-state index in [0.29, 0.717) is 6.04 Å². The van der Waals surface area contributed by atoms with E-state index < -0.39 is 0 Å². The molecule has 3 heteroatoms. The Balaban J connectivity index is 2.24. The van der Waals surface area contributed by atoms with Gasteiger partial charge in [-0.05, 0) is 12.8 Å². The number of nitrogens with zero attached hydrogens (tertiary/aromatic N) is 1.